The molecule has 0 saturated carbocycles. The van der Waals surface area contributed by atoms with Gasteiger partial charge in [-0.1, -0.05) is 24.3 Å². The van der Waals surface area contributed by atoms with Crippen LogP contribution in [0, 0.1) is 0 Å². The van der Waals surface area contributed by atoms with E-state index in [-0.39, 0.29) is 11.8 Å². The fourth-order valence-electron chi connectivity index (χ4n) is 2.14. The van der Waals surface area contributed by atoms with Gasteiger partial charge >= 0.3 is 11.8 Å². The number of hydrogen-bond acceptors (Lipinski definition) is 6. The highest BCUT2D eigenvalue weighted by atomic mass is 16.2. The fraction of sp³-hybridized carbons (Fsp3) is 0.100. The molecule has 154 valence electrons. The van der Waals surface area contributed by atoms with Gasteiger partial charge in [-0.2, -0.15) is 10.2 Å². The molecular weight excluding hydrogens is 388 g/mol. The summed E-state index contributed by atoms with van der Waals surface area (Å²) >= 11 is 0. The number of carbonyl (C=O) groups excluding carboxylic acids is 4. The first-order valence-electron chi connectivity index (χ1n) is 8.75. The maximum Gasteiger partial charge on any atom is 0.331 e. The molecule has 4 N–H and O–H groups in total. The standard InChI is InChI=1S/C20H20N6O4/c1-13(27)23-17-7-3-15(4-8-17)11-21-25-19(29)20(30)26-22-12-16-5-9-18(10-6-16)24-14(2)28/h3-12H,1-2H3,(H,23,27)(H,24,28)(H,25,29)(H,26,30)/b21-11-,22-12+. The summed E-state index contributed by atoms with van der Waals surface area (Å²) in [6.07, 6.45) is 2.70. The Labute approximate surface area is 172 Å². The number of hydrogen-bond donors (Lipinski definition) is 4. The third-order valence-electron chi connectivity index (χ3n) is 3.43. The van der Waals surface area contributed by atoms with E-state index in [4.69, 9.17) is 0 Å². The first kappa shape index (κ1) is 22.0. The SMILES string of the molecule is CC(=O)Nc1ccc(/C=N\NC(=O)C(=O)N/N=C/c2ccc(NC(C)=O)cc2)cc1. The zero-order valence-electron chi connectivity index (χ0n) is 16.3. The minimum Gasteiger partial charge on any atom is -0.326 e. The van der Waals surface area contributed by atoms with E-state index in [0.29, 0.717) is 22.5 Å². The Hall–Kier alpha value is -4.34. The molecule has 2 aromatic carbocycles. The van der Waals surface area contributed by atoms with E-state index >= 15 is 0 Å². The van der Waals surface area contributed by atoms with E-state index < -0.39 is 11.8 Å². The van der Waals surface area contributed by atoms with Crippen LogP contribution in [0.5, 0.6) is 0 Å². The zero-order chi connectivity index (χ0) is 21.9. The van der Waals surface area contributed by atoms with Crippen LogP contribution in [-0.4, -0.2) is 36.1 Å². The van der Waals surface area contributed by atoms with E-state index in [1.165, 1.54) is 26.3 Å². The summed E-state index contributed by atoms with van der Waals surface area (Å²) in [5, 5.41) is 12.6. The average molecular weight is 408 g/mol. The molecule has 0 spiro atoms. The van der Waals surface area contributed by atoms with Crippen molar-refractivity contribution in [2.75, 3.05) is 10.6 Å². The Balaban J connectivity index is 1.79. The summed E-state index contributed by atoms with van der Waals surface area (Å²) in [7, 11) is 0. The van der Waals surface area contributed by atoms with Crippen molar-refractivity contribution in [1.29, 1.82) is 0 Å². The second kappa shape index (κ2) is 10.9. The summed E-state index contributed by atoms with van der Waals surface area (Å²) < 4.78 is 0. The fourth-order valence-corrected chi connectivity index (χ4v) is 2.14. The molecule has 0 bridgehead atoms. The Morgan fingerprint density at radius 2 is 0.967 bits per heavy atom. The topological polar surface area (TPSA) is 141 Å². The van der Waals surface area contributed by atoms with Crippen molar-refractivity contribution in [3.8, 4) is 0 Å². The van der Waals surface area contributed by atoms with Crippen LogP contribution in [0.2, 0.25) is 0 Å². The van der Waals surface area contributed by atoms with Gasteiger partial charge in [0.2, 0.25) is 11.8 Å². The predicted molar refractivity (Wildman–Crippen MR) is 113 cm³/mol. The molecule has 2 aromatic rings. The molecular formula is C20H20N6O4. The van der Waals surface area contributed by atoms with Crippen LogP contribution in [0.4, 0.5) is 11.4 Å². The van der Waals surface area contributed by atoms with Crippen LogP contribution in [0.25, 0.3) is 0 Å². The van der Waals surface area contributed by atoms with Crippen LogP contribution in [0.1, 0.15) is 25.0 Å². The molecule has 10 nitrogen and oxygen atoms in total. The number of anilines is 2. The van der Waals surface area contributed by atoms with Crippen molar-refractivity contribution in [1.82, 2.24) is 10.9 Å². The van der Waals surface area contributed by atoms with Crippen molar-refractivity contribution in [2.24, 2.45) is 10.2 Å². The van der Waals surface area contributed by atoms with E-state index in [2.05, 4.69) is 31.7 Å². The summed E-state index contributed by atoms with van der Waals surface area (Å²) in [6.45, 7) is 2.81. The lowest BCUT2D eigenvalue weighted by molar-refractivity contribution is -0.139. The van der Waals surface area contributed by atoms with Gasteiger partial charge in [-0.25, -0.2) is 10.9 Å². The number of rotatable bonds is 6. The van der Waals surface area contributed by atoms with Crippen LogP contribution in [0.3, 0.4) is 0 Å². The number of amides is 4. The van der Waals surface area contributed by atoms with Crippen molar-refractivity contribution in [3.05, 3.63) is 59.7 Å². The smallest absolute Gasteiger partial charge is 0.326 e. The Kier molecular flexibility index (Phi) is 7.94. The van der Waals surface area contributed by atoms with E-state index in [1.807, 2.05) is 0 Å². The van der Waals surface area contributed by atoms with E-state index in [9.17, 15) is 19.2 Å². The van der Waals surface area contributed by atoms with Gasteiger partial charge in [0.25, 0.3) is 0 Å². The molecule has 0 atom stereocenters. The van der Waals surface area contributed by atoms with Gasteiger partial charge in [-0.3, -0.25) is 19.2 Å². The Morgan fingerprint density at radius 3 is 1.27 bits per heavy atom. The van der Waals surface area contributed by atoms with Crippen molar-refractivity contribution < 1.29 is 19.2 Å². The summed E-state index contributed by atoms with van der Waals surface area (Å²) in [4.78, 5) is 45.3. The highest BCUT2D eigenvalue weighted by molar-refractivity contribution is 6.35. The summed E-state index contributed by atoms with van der Waals surface area (Å²) in [5.41, 5.74) is 6.75. The van der Waals surface area contributed by atoms with Gasteiger partial charge in [0.05, 0.1) is 12.4 Å². The first-order chi connectivity index (χ1) is 14.3. The number of carbonyl (C=O) groups is 4. The molecule has 0 aliphatic heterocycles. The van der Waals surface area contributed by atoms with Crippen LogP contribution < -0.4 is 21.5 Å². The van der Waals surface area contributed by atoms with Gasteiger partial charge in [-0.15, -0.1) is 0 Å². The van der Waals surface area contributed by atoms with Crippen LogP contribution in [-0.2, 0) is 19.2 Å². The lowest BCUT2D eigenvalue weighted by atomic mass is 10.2. The summed E-state index contributed by atoms with van der Waals surface area (Å²) in [5.74, 6) is -2.34. The molecule has 30 heavy (non-hydrogen) atoms. The van der Waals surface area contributed by atoms with E-state index in [1.54, 1.807) is 48.5 Å². The minimum absolute atomic E-state index is 0.181. The van der Waals surface area contributed by atoms with Gasteiger partial charge in [-0.05, 0) is 35.4 Å². The molecule has 0 aliphatic rings. The summed E-state index contributed by atoms with van der Waals surface area (Å²) in [6, 6.07) is 13.4. The lowest BCUT2D eigenvalue weighted by Crippen LogP contribution is -2.35. The number of nitrogens with zero attached hydrogens (tertiary/aromatic N) is 2. The minimum atomic E-state index is -0.987. The van der Waals surface area contributed by atoms with E-state index in [0.717, 1.165) is 0 Å². The van der Waals surface area contributed by atoms with Gasteiger partial charge in [0.1, 0.15) is 0 Å². The van der Waals surface area contributed by atoms with Gasteiger partial charge < -0.3 is 10.6 Å². The number of benzene rings is 2. The highest BCUT2D eigenvalue weighted by Crippen LogP contribution is 2.08. The molecule has 0 fully saturated rings. The molecule has 0 radical (unpaired) electrons. The largest absolute Gasteiger partial charge is 0.331 e. The molecule has 0 aromatic heterocycles. The Morgan fingerprint density at radius 1 is 0.633 bits per heavy atom. The van der Waals surface area contributed by atoms with Crippen molar-refractivity contribution in [2.45, 2.75) is 13.8 Å². The molecule has 10 heteroatoms. The van der Waals surface area contributed by atoms with Crippen molar-refractivity contribution in [3.63, 3.8) is 0 Å². The maximum atomic E-state index is 11.7. The lowest BCUT2D eigenvalue weighted by Gasteiger charge is -2.02. The molecule has 2 rings (SSSR count). The van der Waals surface area contributed by atoms with Gasteiger partial charge in [0.15, 0.2) is 0 Å². The second-order valence-corrected chi connectivity index (χ2v) is 6.00. The molecule has 0 heterocycles. The van der Waals surface area contributed by atoms with Crippen LogP contribution in [0.15, 0.2) is 58.7 Å². The average Bonchev–Trinajstić information content (AvgIpc) is 2.69. The number of hydrazone groups is 2. The molecule has 0 unspecified atom stereocenters. The quantitative estimate of drug-likeness (QED) is 0.324. The normalized spacial score (nSPS) is 10.6. The molecule has 0 saturated heterocycles. The number of nitrogens with one attached hydrogen (secondary N) is 4. The molecule has 0 aliphatic carbocycles. The zero-order valence-corrected chi connectivity index (χ0v) is 16.3. The first-order valence-corrected chi connectivity index (χ1v) is 8.75. The molecule has 4 amide bonds. The third-order valence-corrected chi connectivity index (χ3v) is 3.43. The Bertz CT molecular complexity index is 900. The third kappa shape index (κ3) is 7.72. The second-order valence-electron chi connectivity index (χ2n) is 6.00. The van der Waals surface area contributed by atoms with Crippen LogP contribution >= 0.6 is 0 Å². The van der Waals surface area contributed by atoms with Gasteiger partial charge in [0, 0.05) is 25.2 Å². The monoisotopic (exact) mass is 408 g/mol. The predicted octanol–water partition coefficient (Wildman–Crippen LogP) is 1.20. The van der Waals surface area contributed by atoms with Crippen molar-refractivity contribution >= 4 is 47.4 Å². The maximum absolute atomic E-state index is 11.7. The highest BCUT2D eigenvalue weighted by Gasteiger charge is 2.11.